The van der Waals surface area contributed by atoms with Crippen LogP contribution in [0.2, 0.25) is 0 Å². The number of carboxylic acids is 1. The maximum absolute atomic E-state index is 11.6. The molecule has 1 aromatic heterocycles. The predicted octanol–water partition coefficient (Wildman–Crippen LogP) is 2.29. The summed E-state index contributed by atoms with van der Waals surface area (Å²) < 4.78 is 1.83. The van der Waals surface area contributed by atoms with Gasteiger partial charge in [-0.3, -0.25) is 4.79 Å². The molecule has 0 aromatic carbocycles. The highest BCUT2D eigenvalue weighted by atomic mass is 16.4. The topological polar surface area (TPSA) is 68.0 Å². The van der Waals surface area contributed by atoms with Gasteiger partial charge in [-0.15, -0.1) is 0 Å². The van der Waals surface area contributed by atoms with Crippen LogP contribution in [0.3, 0.4) is 0 Å². The fourth-order valence-corrected chi connectivity index (χ4v) is 2.96. The molecule has 0 bridgehead atoms. The molecule has 1 N–H and O–H groups in total. The van der Waals surface area contributed by atoms with Gasteiger partial charge in [0.15, 0.2) is 0 Å². The lowest BCUT2D eigenvalue weighted by molar-refractivity contribution is -0.148. The van der Waals surface area contributed by atoms with Crippen LogP contribution in [0, 0.1) is 11.3 Å². The van der Waals surface area contributed by atoms with Crippen molar-refractivity contribution in [2.24, 2.45) is 11.3 Å². The van der Waals surface area contributed by atoms with E-state index in [2.05, 4.69) is 17.0 Å². The Morgan fingerprint density at radius 3 is 2.89 bits per heavy atom. The molecule has 1 aliphatic carbocycles. The second kappa shape index (κ2) is 4.71. The average Bonchev–Trinajstić information content (AvgIpc) is 2.86. The molecule has 5 nitrogen and oxygen atoms in total. The lowest BCUT2D eigenvalue weighted by Gasteiger charge is -2.24. The molecule has 100 valence electrons. The molecule has 0 amide bonds. The van der Waals surface area contributed by atoms with E-state index in [0.717, 1.165) is 25.1 Å². The SMILES string of the molecule is CC1CCC(Cc2ncnn2C(C)C)(C(=O)O)C1. The number of aromatic nitrogens is 3. The molecule has 2 rings (SSSR count). The van der Waals surface area contributed by atoms with Crippen LogP contribution in [0.1, 0.15) is 51.9 Å². The van der Waals surface area contributed by atoms with E-state index >= 15 is 0 Å². The molecule has 1 aromatic rings. The van der Waals surface area contributed by atoms with Gasteiger partial charge in [0.05, 0.1) is 5.41 Å². The van der Waals surface area contributed by atoms with Crippen LogP contribution in [0.5, 0.6) is 0 Å². The summed E-state index contributed by atoms with van der Waals surface area (Å²) in [6, 6.07) is 0.215. The van der Waals surface area contributed by atoms with Gasteiger partial charge in [-0.05, 0) is 39.0 Å². The minimum Gasteiger partial charge on any atom is -0.481 e. The van der Waals surface area contributed by atoms with Crippen LogP contribution in [-0.2, 0) is 11.2 Å². The second-order valence-corrected chi connectivity index (χ2v) is 5.82. The lowest BCUT2D eigenvalue weighted by atomic mass is 9.81. The van der Waals surface area contributed by atoms with Gasteiger partial charge < -0.3 is 5.11 Å². The molecule has 5 heteroatoms. The largest absolute Gasteiger partial charge is 0.481 e. The molecule has 0 radical (unpaired) electrons. The zero-order valence-electron chi connectivity index (χ0n) is 11.3. The third-order valence-corrected chi connectivity index (χ3v) is 3.94. The number of carboxylic acid groups (broad SMARTS) is 1. The molecule has 1 fully saturated rings. The van der Waals surface area contributed by atoms with Gasteiger partial charge in [0, 0.05) is 12.5 Å². The van der Waals surface area contributed by atoms with Gasteiger partial charge in [0.2, 0.25) is 0 Å². The van der Waals surface area contributed by atoms with Crippen molar-refractivity contribution in [2.45, 2.75) is 52.5 Å². The standard InChI is InChI=1S/C13H21N3O2/c1-9(2)16-11(14-8-15-16)7-13(12(17)18)5-4-10(3)6-13/h8-10H,4-7H2,1-3H3,(H,17,18). The van der Waals surface area contributed by atoms with Gasteiger partial charge in [-0.25, -0.2) is 9.67 Å². The van der Waals surface area contributed by atoms with Crippen molar-refractivity contribution >= 4 is 5.97 Å². The third kappa shape index (κ3) is 2.26. The van der Waals surface area contributed by atoms with E-state index in [9.17, 15) is 9.90 Å². The van der Waals surface area contributed by atoms with E-state index < -0.39 is 11.4 Å². The summed E-state index contributed by atoms with van der Waals surface area (Å²) in [7, 11) is 0. The van der Waals surface area contributed by atoms with Crippen molar-refractivity contribution in [2.75, 3.05) is 0 Å². The zero-order chi connectivity index (χ0) is 13.3. The molecule has 1 aliphatic rings. The first-order valence-corrected chi connectivity index (χ1v) is 6.56. The first kappa shape index (κ1) is 13.1. The highest BCUT2D eigenvalue weighted by Gasteiger charge is 2.45. The Bertz CT molecular complexity index is 441. The highest BCUT2D eigenvalue weighted by Crippen LogP contribution is 2.44. The molecular weight excluding hydrogens is 230 g/mol. The van der Waals surface area contributed by atoms with Crippen LogP contribution in [0.4, 0.5) is 0 Å². The molecule has 0 aliphatic heterocycles. The fraction of sp³-hybridized carbons (Fsp3) is 0.769. The van der Waals surface area contributed by atoms with Crippen molar-refractivity contribution < 1.29 is 9.90 Å². The van der Waals surface area contributed by atoms with Crippen LogP contribution in [-0.4, -0.2) is 25.8 Å². The Hall–Kier alpha value is -1.39. The summed E-state index contributed by atoms with van der Waals surface area (Å²) in [4.78, 5) is 15.9. The van der Waals surface area contributed by atoms with Crippen LogP contribution in [0.15, 0.2) is 6.33 Å². The van der Waals surface area contributed by atoms with E-state index in [4.69, 9.17) is 0 Å². The van der Waals surface area contributed by atoms with Crippen LogP contribution in [0.25, 0.3) is 0 Å². The lowest BCUT2D eigenvalue weighted by Crippen LogP contribution is -2.32. The summed E-state index contributed by atoms with van der Waals surface area (Å²) in [6.07, 6.45) is 4.48. The van der Waals surface area contributed by atoms with E-state index in [1.807, 2.05) is 18.5 Å². The monoisotopic (exact) mass is 251 g/mol. The quantitative estimate of drug-likeness (QED) is 0.891. The molecule has 1 saturated carbocycles. The Morgan fingerprint density at radius 2 is 2.39 bits per heavy atom. The number of rotatable bonds is 4. The van der Waals surface area contributed by atoms with Crippen molar-refractivity contribution in [1.82, 2.24) is 14.8 Å². The average molecular weight is 251 g/mol. The first-order chi connectivity index (χ1) is 8.44. The van der Waals surface area contributed by atoms with Gasteiger partial charge in [0.1, 0.15) is 12.2 Å². The predicted molar refractivity (Wildman–Crippen MR) is 67.2 cm³/mol. The summed E-state index contributed by atoms with van der Waals surface area (Å²) in [5, 5.41) is 13.7. The summed E-state index contributed by atoms with van der Waals surface area (Å²) in [5.74, 6) is 0.586. The summed E-state index contributed by atoms with van der Waals surface area (Å²) in [6.45, 7) is 6.18. The first-order valence-electron chi connectivity index (χ1n) is 6.56. The Kier molecular flexibility index (Phi) is 3.41. The van der Waals surface area contributed by atoms with Crippen LogP contribution >= 0.6 is 0 Å². The van der Waals surface area contributed by atoms with Gasteiger partial charge in [0.25, 0.3) is 0 Å². The van der Waals surface area contributed by atoms with E-state index in [0.29, 0.717) is 12.3 Å². The normalized spacial score (nSPS) is 27.9. The van der Waals surface area contributed by atoms with Crippen LogP contribution < -0.4 is 0 Å². The molecule has 0 saturated heterocycles. The Balaban J connectivity index is 2.25. The van der Waals surface area contributed by atoms with Crippen molar-refractivity contribution in [3.05, 3.63) is 12.2 Å². The van der Waals surface area contributed by atoms with E-state index in [1.54, 1.807) is 0 Å². The fourth-order valence-electron chi connectivity index (χ4n) is 2.96. The van der Waals surface area contributed by atoms with E-state index in [1.165, 1.54) is 6.33 Å². The van der Waals surface area contributed by atoms with Crippen molar-refractivity contribution in [3.8, 4) is 0 Å². The van der Waals surface area contributed by atoms with E-state index in [-0.39, 0.29) is 6.04 Å². The maximum Gasteiger partial charge on any atom is 0.310 e. The summed E-state index contributed by atoms with van der Waals surface area (Å²) >= 11 is 0. The third-order valence-electron chi connectivity index (χ3n) is 3.94. The minimum absolute atomic E-state index is 0.215. The molecular formula is C13H21N3O2. The number of aliphatic carboxylic acids is 1. The molecule has 0 spiro atoms. The highest BCUT2D eigenvalue weighted by molar-refractivity contribution is 5.75. The maximum atomic E-state index is 11.6. The number of nitrogens with zero attached hydrogens (tertiary/aromatic N) is 3. The van der Waals surface area contributed by atoms with Crippen molar-refractivity contribution in [1.29, 1.82) is 0 Å². The van der Waals surface area contributed by atoms with Gasteiger partial charge >= 0.3 is 5.97 Å². The number of carbonyl (C=O) groups is 1. The Morgan fingerprint density at radius 1 is 1.67 bits per heavy atom. The van der Waals surface area contributed by atoms with Gasteiger partial charge in [-0.1, -0.05) is 6.92 Å². The number of hydrogen-bond donors (Lipinski definition) is 1. The number of hydrogen-bond acceptors (Lipinski definition) is 3. The van der Waals surface area contributed by atoms with Crippen molar-refractivity contribution in [3.63, 3.8) is 0 Å². The summed E-state index contributed by atoms with van der Waals surface area (Å²) in [5.41, 5.74) is -0.640. The minimum atomic E-state index is -0.690. The molecule has 1 heterocycles. The Labute approximate surface area is 107 Å². The smallest absolute Gasteiger partial charge is 0.310 e. The molecule has 2 unspecified atom stereocenters. The second-order valence-electron chi connectivity index (χ2n) is 5.82. The molecule has 2 atom stereocenters. The zero-order valence-corrected chi connectivity index (χ0v) is 11.3. The molecule has 18 heavy (non-hydrogen) atoms. The van der Waals surface area contributed by atoms with Gasteiger partial charge in [-0.2, -0.15) is 5.10 Å².